The highest BCUT2D eigenvalue weighted by molar-refractivity contribution is 5.89. The Bertz CT molecular complexity index is 644. The molecule has 23 heavy (non-hydrogen) atoms. The van der Waals surface area contributed by atoms with Gasteiger partial charge in [-0.25, -0.2) is 9.18 Å². The Labute approximate surface area is 135 Å². The van der Waals surface area contributed by atoms with Gasteiger partial charge in [-0.05, 0) is 37.5 Å². The molecule has 2 rings (SSSR count). The summed E-state index contributed by atoms with van der Waals surface area (Å²) in [6.07, 6.45) is 1.22. The minimum absolute atomic E-state index is 0.0835. The number of aryl methyl sites for hydroxylation is 1. The molecule has 0 aliphatic carbocycles. The highest BCUT2D eigenvalue weighted by Gasteiger charge is 2.21. The van der Waals surface area contributed by atoms with Gasteiger partial charge in [-0.2, -0.15) is 0 Å². The van der Waals surface area contributed by atoms with Gasteiger partial charge in [0.2, 0.25) is 0 Å². The van der Waals surface area contributed by atoms with Crippen LogP contribution in [0.4, 0.5) is 14.9 Å². The van der Waals surface area contributed by atoms with E-state index in [0.29, 0.717) is 12.8 Å². The van der Waals surface area contributed by atoms with Gasteiger partial charge >= 0.3 is 6.03 Å². The third-order valence-electron chi connectivity index (χ3n) is 3.55. The van der Waals surface area contributed by atoms with Gasteiger partial charge in [0.15, 0.2) is 0 Å². The van der Waals surface area contributed by atoms with E-state index in [2.05, 4.69) is 10.6 Å². The zero-order valence-corrected chi connectivity index (χ0v) is 13.1. The van der Waals surface area contributed by atoms with Crippen molar-refractivity contribution in [3.63, 3.8) is 0 Å². The zero-order valence-electron chi connectivity index (χ0n) is 13.1. The van der Waals surface area contributed by atoms with Crippen LogP contribution in [0.3, 0.4) is 0 Å². The Kier molecular flexibility index (Phi) is 5.71. The molecule has 2 amide bonds. The second kappa shape index (κ2) is 7.74. The number of para-hydroxylation sites is 1. The van der Waals surface area contributed by atoms with Crippen molar-refractivity contribution in [2.75, 3.05) is 11.9 Å². The van der Waals surface area contributed by atoms with E-state index < -0.39 is 17.4 Å². The summed E-state index contributed by atoms with van der Waals surface area (Å²) in [6, 6.07) is 15.2. The minimum Gasteiger partial charge on any atom is -0.388 e. The number of aliphatic hydroxyl groups is 1. The highest BCUT2D eigenvalue weighted by Crippen LogP contribution is 2.14. The summed E-state index contributed by atoms with van der Waals surface area (Å²) >= 11 is 0. The summed E-state index contributed by atoms with van der Waals surface area (Å²) in [4.78, 5) is 11.8. The van der Waals surface area contributed by atoms with Crippen LogP contribution in [0.15, 0.2) is 54.6 Å². The van der Waals surface area contributed by atoms with E-state index in [1.165, 1.54) is 12.1 Å². The molecule has 0 heterocycles. The lowest BCUT2D eigenvalue weighted by Gasteiger charge is -2.23. The number of carbonyl (C=O) groups is 1. The number of halogens is 1. The van der Waals surface area contributed by atoms with Crippen molar-refractivity contribution in [1.82, 2.24) is 5.32 Å². The number of anilines is 1. The smallest absolute Gasteiger partial charge is 0.319 e. The van der Waals surface area contributed by atoms with Crippen molar-refractivity contribution >= 4 is 11.7 Å². The Hall–Kier alpha value is -2.40. The van der Waals surface area contributed by atoms with E-state index in [1.807, 2.05) is 30.3 Å². The summed E-state index contributed by atoms with van der Waals surface area (Å²) < 4.78 is 13.4. The molecule has 4 nitrogen and oxygen atoms in total. The minimum atomic E-state index is -1.04. The normalized spacial score (nSPS) is 13.2. The molecule has 1 atom stereocenters. The molecule has 0 saturated carbocycles. The number of amides is 2. The van der Waals surface area contributed by atoms with Gasteiger partial charge in [-0.3, -0.25) is 0 Å². The largest absolute Gasteiger partial charge is 0.388 e. The molecular formula is C18H21FN2O2. The summed E-state index contributed by atoms with van der Waals surface area (Å²) in [5.74, 6) is -0.501. The first-order chi connectivity index (χ1) is 11.0. The molecule has 0 aliphatic rings. The average molecular weight is 316 g/mol. The SMILES string of the molecule is C[C@@](O)(CCc1ccccc1)CNC(=O)Nc1ccccc1F. The first-order valence-electron chi connectivity index (χ1n) is 7.52. The molecule has 0 spiro atoms. The molecule has 5 heteroatoms. The Morgan fingerprint density at radius 2 is 1.78 bits per heavy atom. The predicted molar refractivity (Wildman–Crippen MR) is 88.8 cm³/mol. The van der Waals surface area contributed by atoms with Crippen molar-refractivity contribution in [3.05, 3.63) is 66.0 Å². The summed E-state index contributed by atoms with van der Waals surface area (Å²) in [5, 5.41) is 15.3. The molecular weight excluding hydrogens is 295 g/mol. The third-order valence-corrected chi connectivity index (χ3v) is 3.55. The van der Waals surface area contributed by atoms with E-state index in [0.717, 1.165) is 5.56 Å². The van der Waals surface area contributed by atoms with Gasteiger partial charge in [0.25, 0.3) is 0 Å². The van der Waals surface area contributed by atoms with Crippen LogP contribution in [0.5, 0.6) is 0 Å². The van der Waals surface area contributed by atoms with Crippen molar-refractivity contribution in [3.8, 4) is 0 Å². The number of hydrogen-bond acceptors (Lipinski definition) is 2. The molecule has 0 bridgehead atoms. The van der Waals surface area contributed by atoms with E-state index in [4.69, 9.17) is 0 Å². The lowest BCUT2D eigenvalue weighted by atomic mass is 9.97. The quantitative estimate of drug-likeness (QED) is 0.765. The molecule has 3 N–H and O–H groups in total. The fourth-order valence-electron chi connectivity index (χ4n) is 2.15. The monoisotopic (exact) mass is 316 g/mol. The Morgan fingerprint density at radius 3 is 2.48 bits per heavy atom. The van der Waals surface area contributed by atoms with Gasteiger partial charge < -0.3 is 15.7 Å². The second-order valence-electron chi connectivity index (χ2n) is 5.77. The van der Waals surface area contributed by atoms with E-state index in [9.17, 15) is 14.3 Å². The van der Waals surface area contributed by atoms with Gasteiger partial charge in [-0.15, -0.1) is 0 Å². The Balaban J connectivity index is 1.79. The maximum atomic E-state index is 13.4. The van der Waals surface area contributed by atoms with Crippen molar-refractivity contribution in [1.29, 1.82) is 0 Å². The fourth-order valence-corrected chi connectivity index (χ4v) is 2.15. The van der Waals surface area contributed by atoms with Gasteiger partial charge in [0, 0.05) is 6.54 Å². The van der Waals surface area contributed by atoms with Crippen LogP contribution in [-0.2, 0) is 6.42 Å². The predicted octanol–water partition coefficient (Wildman–Crippen LogP) is 3.33. The topological polar surface area (TPSA) is 61.4 Å². The molecule has 0 aromatic heterocycles. The van der Waals surface area contributed by atoms with Crippen molar-refractivity contribution in [2.45, 2.75) is 25.4 Å². The number of rotatable bonds is 6. The lowest BCUT2D eigenvalue weighted by Crippen LogP contribution is -2.42. The van der Waals surface area contributed by atoms with Crippen molar-refractivity contribution < 1.29 is 14.3 Å². The number of nitrogens with one attached hydrogen (secondary N) is 2. The average Bonchev–Trinajstić information content (AvgIpc) is 2.55. The highest BCUT2D eigenvalue weighted by atomic mass is 19.1. The van der Waals surface area contributed by atoms with Gasteiger partial charge in [0.1, 0.15) is 5.82 Å². The van der Waals surface area contributed by atoms with Crippen LogP contribution in [0.1, 0.15) is 18.9 Å². The molecule has 0 radical (unpaired) electrons. The van der Waals surface area contributed by atoms with E-state index >= 15 is 0 Å². The molecule has 122 valence electrons. The first kappa shape index (κ1) is 17.0. The molecule has 0 aliphatic heterocycles. The molecule has 0 saturated heterocycles. The number of carbonyl (C=O) groups excluding carboxylic acids is 1. The first-order valence-corrected chi connectivity index (χ1v) is 7.52. The number of urea groups is 1. The maximum Gasteiger partial charge on any atom is 0.319 e. The summed E-state index contributed by atoms with van der Waals surface area (Å²) in [5.41, 5.74) is 0.195. The van der Waals surface area contributed by atoms with Gasteiger partial charge in [0.05, 0.1) is 11.3 Å². The van der Waals surface area contributed by atoms with E-state index in [-0.39, 0.29) is 12.2 Å². The molecule has 0 fully saturated rings. The van der Waals surface area contributed by atoms with Crippen LogP contribution in [0.2, 0.25) is 0 Å². The van der Waals surface area contributed by atoms with Gasteiger partial charge in [-0.1, -0.05) is 42.5 Å². The summed E-state index contributed by atoms with van der Waals surface area (Å²) in [6.45, 7) is 1.75. The standard InChI is InChI=1S/C18H21FN2O2/c1-18(23,12-11-14-7-3-2-4-8-14)13-20-17(22)21-16-10-6-5-9-15(16)19/h2-10,23H,11-13H2,1H3,(H2,20,21,22)/t18-/m1/s1. The molecule has 2 aromatic rings. The molecule has 0 unspecified atom stereocenters. The lowest BCUT2D eigenvalue weighted by molar-refractivity contribution is 0.0539. The number of benzene rings is 2. The van der Waals surface area contributed by atoms with Crippen LogP contribution >= 0.6 is 0 Å². The van der Waals surface area contributed by atoms with Crippen LogP contribution in [0.25, 0.3) is 0 Å². The summed E-state index contributed by atoms with van der Waals surface area (Å²) in [7, 11) is 0. The number of hydrogen-bond donors (Lipinski definition) is 3. The van der Waals surface area contributed by atoms with Crippen LogP contribution < -0.4 is 10.6 Å². The maximum absolute atomic E-state index is 13.4. The van der Waals surface area contributed by atoms with Crippen LogP contribution in [0, 0.1) is 5.82 Å². The zero-order chi connectivity index (χ0) is 16.7. The second-order valence-corrected chi connectivity index (χ2v) is 5.77. The van der Waals surface area contributed by atoms with Crippen molar-refractivity contribution in [2.24, 2.45) is 0 Å². The third kappa shape index (κ3) is 5.71. The van der Waals surface area contributed by atoms with Crippen LogP contribution in [-0.4, -0.2) is 23.3 Å². The fraction of sp³-hybridized carbons (Fsp3) is 0.278. The molecule has 2 aromatic carbocycles. The Morgan fingerprint density at radius 1 is 1.13 bits per heavy atom. The van der Waals surface area contributed by atoms with E-state index in [1.54, 1.807) is 19.1 Å².